The van der Waals surface area contributed by atoms with Crippen LogP contribution in [-0.4, -0.2) is 60.6 Å². The molecule has 2 fully saturated rings. The predicted octanol–water partition coefficient (Wildman–Crippen LogP) is 6.10. The van der Waals surface area contributed by atoms with Gasteiger partial charge in [-0.25, -0.2) is 9.71 Å². The Bertz CT molecular complexity index is 1880. The number of thiophene rings is 1. The van der Waals surface area contributed by atoms with Crippen LogP contribution in [0.5, 0.6) is 5.75 Å². The fraction of sp³-hybridized carbons (Fsp3) is 0.471. The highest BCUT2D eigenvalue weighted by Gasteiger charge is 2.39. The van der Waals surface area contributed by atoms with Gasteiger partial charge in [0, 0.05) is 23.8 Å². The molecule has 1 atom stereocenters. The number of nitrogens with one attached hydrogen (secondary N) is 1. The minimum absolute atomic E-state index is 0.164. The van der Waals surface area contributed by atoms with E-state index in [2.05, 4.69) is 44.5 Å². The van der Waals surface area contributed by atoms with Gasteiger partial charge in [-0.05, 0) is 101 Å². The average molecular weight is 651 g/mol. The maximum atomic E-state index is 14.0. The molecule has 4 aromatic rings. The van der Waals surface area contributed by atoms with Gasteiger partial charge in [-0.2, -0.15) is 12.7 Å². The Kier molecular flexibility index (Phi) is 8.23. The molecule has 2 aliphatic rings. The lowest BCUT2D eigenvalue weighted by Gasteiger charge is -2.45. The number of carbonyl (C=O) groups is 1. The van der Waals surface area contributed by atoms with Crippen LogP contribution in [0.25, 0.3) is 31.6 Å². The minimum atomic E-state index is -4.11. The number of aryl methyl sites for hydroxylation is 2. The number of benzene rings is 2. The van der Waals surface area contributed by atoms with E-state index in [1.54, 1.807) is 17.4 Å². The standard InChI is InChI=1S/C34H42N4O5S2/c1-20-11-12-27(42-19-22-16-33(3,4)43-34(5,6)17-22)29-25(32(39)37-45(40,41)38-14-13-23(35)18-38)15-26(36-30(20)29)31-21(2)24-9-7-8-10-28(24)44-31/h7-12,15,22-23H,13-14,16-19,35H2,1-6H3,(H,37,39). The number of nitrogens with zero attached hydrogens (tertiary/aromatic N) is 2. The van der Waals surface area contributed by atoms with Gasteiger partial charge in [-0.1, -0.05) is 24.3 Å². The first-order chi connectivity index (χ1) is 21.1. The van der Waals surface area contributed by atoms with Crippen molar-refractivity contribution in [2.75, 3.05) is 19.7 Å². The van der Waals surface area contributed by atoms with Crippen molar-refractivity contribution in [3.05, 3.63) is 59.2 Å². The Morgan fingerprint density at radius 2 is 1.84 bits per heavy atom. The van der Waals surface area contributed by atoms with Crippen molar-refractivity contribution in [3.63, 3.8) is 0 Å². The maximum absolute atomic E-state index is 14.0. The summed E-state index contributed by atoms with van der Waals surface area (Å²) in [6.07, 6.45) is 2.20. The van der Waals surface area contributed by atoms with Gasteiger partial charge in [0.15, 0.2) is 0 Å². The molecule has 0 radical (unpaired) electrons. The molecular weight excluding hydrogens is 609 g/mol. The first-order valence-electron chi connectivity index (χ1n) is 15.5. The fourth-order valence-corrected chi connectivity index (χ4v) is 9.48. The molecule has 2 aromatic carbocycles. The molecular formula is C34H42N4O5S2. The van der Waals surface area contributed by atoms with Crippen LogP contribution >= 0.6 is 11.3 Å². The largest absolute Gasteiger partial charge is 0.493 e. The number of ether oxygens (including phenoxy) is 2. The molecule has 1 unspecified atom stereocenters. The van der Waals surface area contributed by atoms with Crippen molar-refractivity contribution < 1.29 is 22.7 Å². The summed E-state index contributed by atoms with van der Waals surface area (Å²) < 4.78 is 44.1. The third-order valence-electron chi connectivity index (χ3n) is 8.78. The molecule has 0 saturated carbocycles. The second-order valence-corrected chi connectivity index (χ2v) is 16.5. The molecule has 4 heterocycles. The van der Waals surface area contributed by atoms with Crippen molar-refractivity contribution in [3.8, 4) is 16.3 Å². The van der Waals surface area contributed by atoms with Gasteiger partial charge < -0.3 is 15.2 Å². The van der Waals surface area contributed by atoms with Gasteiger partial charge in [0.2, 0.25) is 0 Å². The van der Waals surface area contributed by atoms with Crippen molar-refractivity contribution >= 4 is 48.4 Å². The van der Waals surface area contributed by atoms with E-state index in [4.69, 9.17) is 20.2 Å². The first kappa shape index (κ1) is 31.9. The van der Waals surface area contributed by atoms with E-state index < -0.39 is 16.1 Å². The molecule has 1 amide bonds. The number of pyridine rings is 1. The van der Waals surface area contributed by atoms with Crippen LogP contribution in [-0.2, 0) is 14.9 Å². The van der Waals surface area contributed by atoms with Crippen LogP contribution in [0.3, 0.4) is 0 Å². The monoisotopic (exact) mass is 650 g/mol. The predicted molar refractivity (Wildman–Crippen MR) is 180 cm³/mol. The lowest BCUT2D eigenvalue weighted by atomic mass is 9.81. The van der Waals surface area contributed by atoms with E-state index in [0.717, 1.165) is 38.9 Å². The van der Waals surface area contributed by atoms with Gasteiger partial charge in [0.1, 0.15) is 5.75 Å². The van der Waals surface area contributed by atoms with Crippen LogP contribution < -0.4 is 15.2 Å². The number of rotatable bonds is 7. The number of aromatic nitrogens is 1. The summed E-state index contributed by atoms with van der Waals surface area (Å²) in [7, 11) is -4.11. The van der Waals surface area contributed by atoms with E-state index in [9.17, 15) is 13.2 Å². The van der Waals surface area contributed by atoms with Crippen molar-refractivity contribution in [2.45, 2.75) is 78.0 Å². The van der Waals surface area contributed by atoms with Gasteiger partial charge in [0.25, 0.3) is 5.91 Å². The third-order valence-corrected chi connectivity index (χ3v) is 11.5. The zero-order chi connectivity index (χ0) is 32.3. The number of carbonyl (C=O) groups excluding carboxylic acids is 1. The zero-order valence-electron chi connectivity index (χ0n) is 26.8. The number of hydrogen-bond donors (Lipinski definition) is 2. The molecule has 2 saturated heterocycles. The lowest BCUT2D eigenvalue weighted by molar-refractivity contribution is -0.175. The highest BCUT2D eigenvalue weighted by atomic mass is 32.2. The Balaban J connectivity index is 1.45. The van der Waals surface area contributed by atoms with Gasteiger partial charge in [-0.15, -0.1) is 11.3 Å². The second kappa shape index (κ2) is 11.6. The van der Waals surface area contributed by atoms with Gasteiger partial charge in [0.05, 0.1) is 44.8 Å². The van der Waals surface area contributed by atoms with E-state index in [0.29, 0.717) is 35.4 Å². The Morgan fingerprint density at radius 3 is 2.51 bits per heavy atom. The van der Waals surface area contributed by atoms with Crippen LogP contribution in [0.1, 0.15) is 68.4 Å². The first-order valence-corrected chi connectivity index (χ1v) is 17.7. The molecule has 2 aliphatic heterocycles. The molecule has 45 heavy (non-hydrogen) atoms. The van der Waals surface area contributed by atoms with Crippen LogP contribution in [0.2, 0.25) is 0 Å². The molecule has 3 N–H and O–H groups in total. The highest BCUT2D eigenvalue weighted by molar-refractivity contribution is 7.87. The summed E-state index contributed by atoms with van der Waals surface area (Å²) in [6.45, 7) is 13.2. The van der Waals surface area contributed by atoms with Gasteiger partial charge in [-0.3, -0.25) is 4.79 Å². The van der Waals surface area contributed by atoms with Crippen molar-refractivity contribution in [1.29, 1.82) is 0 Å². The second-order valence-electron chi connectivity index (χ2n) is 13.8. The fourth-order valence-electron chi connectivity index (χ4n) is 7.11. The maximum Gasteiger partial charge on any atom is 0.304 e. The SMILES string of the molecule is Cc1c(-c2cc(C(=O)NS(=O)(=O)N3CCC(N)C3)c3c(OCC4CC(C)(C)OC(C)(C)C4)ccc(C)c3n2)sc2ccccc12. The number of fused-ring (bicyclic) bond motifs is 2. The highest BCUT2D eigenvalue weighted by Crippen LogP contribution is 2.42. The zero-order valence-corrected chi connectivity index (χ0v) is 28.4. The molecule has 9 nitrogen and oxygen atoms in total. The minimum Gasteiger partial charge on any atom is -0.493 e. The van der Waals surface area contributed by atoms with E-state index >= 15 is 0 Å². The molecule has 2 aromatic heterocycles. The number of hydrogen-bond acceptors (Lipinski definition) is 8. The van der Waals surface area contributed by atoms with Crippen molar-refractivity contribution in [2.24, 2.45) is 11.7 Å². The summed E-state index contributed by atoms with van der Waals surface area (Å²) in [6, 6.07) is 13.4. The number of amides is 1. The molecule has 6 rings (SSSR count). The Morgan fingerprint density at radius 1 is 1.13 bits per heavy atom. The third kappa shape index (κ3) is 6.46. The normalized spacial score (nSPS) is 20.6. The molecule has 0 bridgehead atoms. The molecule has 11 heteroatoms. The van der Waals surface area contributed by atoms with E-state index in [1.165, 1.54) is 4.31 Å². The van der Waals surface area contributed by atoms with Crippen LogP contribution in [0.4, 0.5) is 0 Å². The van der Waals surface area contributed by atoms with E-state index in [-0.39, 0.29) is 41.8 Å². The molecule has 0 aliphatic carbocycles. The molecule has 0 spiro atoms. The number of nitrogens with two attached hydrogens (primary N) is 1. The molecule has 240 valence electrons. The Hall–Kier alpha value is -3.09. The quantitative estimate of drug-likeness (QED) is 0.248. The van der Waals surface area contributed by atoms with Gasteiger partial charge >= 0.3 is 10.2 Å². The summed E-state index contributed by atoms with van der Waals surface area (Å²) in [4.78, 5) is 20.1. The van der Waals surface area contributed by atoms with Crippen molar-refractivity contribution in [1.82, 2.24) is 14.0 Å². The Labute approximate surface area is 269 Å². The lowest BCUT2D eigenvalue weighted by Crippen LogP contribution is -2.46. The summed E-state index contributed by atoms with van der Waals surface area (Å²) in [5, 5.41) is 1.61. The summed E-state index contributed by atoms with van der Waals surface area (Å²) >= 11 is 1.60. The topological polar surface area (TPSA) is 124 Å². The summed E-state index contributed by atoms with van der Waals surface area (Å²) in [5.41, 5.74) is 8.72. The van der Waals surface area contributed by atoms with Crippen LogP contribution in [0, 0.1) is 19.8 Å². The smallest absolute Gasteiger partial charge is 0.304 e. The average Bonchev–Trinajstić information content (AvgIpc) is 3.54. The van der Waals surface area contributed by atoms with E-state index in [1.807, 2.05) is 38.1 Å². The van der Waals surface area contributed by atoms with Crippen LogP contribution in [0.15, 0.2) is 42.5 Å². The summed E-state index contributed by atoms with van der Waals surface area (Å²) in [5.74, 6) is -0.00667.